The van der Waals surface area contributed by atoms with Gasteiger partial charge in [0.1, 0.15) is 5.52 Å². The van der Waals surface area contributed by atoms with Gasteiger partial charge in [-0.3, -0.25) is 14.9 Å². The lowest BCUT2D eigenvalue weighted by Crippen LogP contribution is -2.38. The molecule has 0 atom stereocenters. The summed E-state index contributed by atoms with van der Waals surface area (Å²) in [4.78, 5) is 29.6. The molecule has 1 fully saturated rings. The van der Waals surface area contributed by atoms with Crippen LogP contribution in [0.3, 0.4) is 0 Å². The van der Waals surface area contributed by atoms with Gasteiger partial charge in [0, 0.05) is 42.4 Å². The lowest BCUT2D eigenvalue weighted by molar-refractivity contribution is -0.384. The molecule has 5 rings (SSSR count). The summed E-state index contributed by atoms with van der Waals surface area (Å²) in [7, 11) is 0. The number of non-ortho nitro benzene ring substituents is 1. The van der Waals surface area contributed by atoms with Crippen LogP contribution in [-0.4, -0.2) is 43.6 Å². The van der Waals surface area contributed by atoms with E-state index >= 15 is 0 Å². The van der Waals surface area contributed by atoms with Crippen LogP contribution < -0.4 is 0 Å². The number of amides is 1. The Labute approximate surface area is 187 Å². The number of nitrogens with zero attached hydrogens (tertiary/aromatic N) is 5. The highest BCUT2D eigenvalue weighted by atomic mass is 35.5. The number of hydrogen-bond acceptors (Lipinski definition) is 6. The zero-order valence-corrected chi connectivity index (χ0v) is 17.6. The third-order valence-corrected chi connectivity index (χ3v) is 5.87. The van der Waals surface area contributed by atoms with E-state index in [0.717, 1.165) is 18.4 Å². The zero-order valence-electron chi connectivity index (χ0n) is 16.8. The molecule has 0 spiro atoms. The third kappa shape index (κ3) is 3.82. The van der Waals surface area contributed by atoms with E-state index in [0.29, 0.717) is 41.0 Å². The normalized spacial score (nSPS) is 14.7. The van der Waals surface area contributed by atoms with E-state index in [1.54, 1.807) is 41.4 Å². The molecule has 1 amide bonds. The molecule has 4 aromatic rings. The van der Waals surface area contributed by atoms with Crippen molar-refractivity contribution in [2.45, 2.75) is 18.8 Å². The third-order valence-electron chi connectivity index (χ3n) is 5.63. The number of halogens is 1. The fourth-order valence-corrected chi connectivity index (χ4v) is 4.06. The Kier molecular flexibility index (Phi) is 5.10. The van der Waals surface area contributed by atoms with Gasteiger partial charge in [-0.2, -0.15) is 5.10 Å². The number of aromatic nitrogens is 3. The zero-order chi connectivity index (χ0) is 22.2. The molecule has 162 valence electrons. The van der Waals surface area contributed by atoms with Crippen LogP contribution in [0.4, 0.5) is 5.69 Å². The minimum Gasteiger partial charge on any atom is -0.440 e. The first kappa shape index (κ1) is 20.2. The van der Waals surface area contributed by atoms with Gasteiger partial charge in [-0.1, -0.05) is 11.6 Å². The Morgan fingerprint density at radius 1 is 1.12 bits per heavy atom. The highest BCUT2D eigenvalue weighted by Gasteiger charge is 2.28. The van der Waals surface area contributed by atoms with Crippen LogP contribution in [0.2, 0.25) is 5.02 Å². The number of rotatable bonds is 4. The van der Waals surface area contributed by atoms with E-state index in [-0.39, 0.29) is 17.5 Å². The van der Waals surface area contributed by atoms with E-state index in [4.69, 9.17) is 16.0 Å². The molecule has 1 aliphatic heterocycles. The molecule has 1 aliphatic rings. The minimum atomic E-state index is -0.457. The number of hydrogen-bond donors (Lipinski definition) is 0. The van der Waals surface area contributed by atoms with Crippen molar-refractivity contribution >= 4 is 34.3 Å². The van der Waals surface area contributed by atoms with Crippen molar-refractivity contribution in [1.29, 1.82) is 0 Å². The average molecular weight is 452 g/mol. The Balaban J connectivity index is 1.25. The predicted molar refractivity (Wildman–Crippen MR) is 117 cm³/mol. The first-order valence-electron chi connectivity index (χ1n) is 10.1. The maximum Gasteiger partial charge on any atom is 0.274 e. The lowest BCUT2D eigenvalue weighted by Gasteiger charge is -2.30. The summed E-state index contributed by atoms with van der Waals surface area (Å²) >= 11 is 6.03. The largest absolute Gasteiger partial charge is 0.440 e. The Morgan fingerprint density at radius 2 is 1.88 bits per heavy atom. The van der Waals surface area contributed by atoms with Crippen LogP contribution >= 0.6 is 11.6 Å². The standard InChI is InChI=1S/C22H18ClN5O4/c23-15-1-6-20-19(13-15)24-21(32-20)14-7-10-26(11-8-14)22(29)18-9-12-27(25-18)16-2-4-17(5-3-16)28(30)31/h1-6,9,12-14H,7-8,10-11H2. The average Bonchev–Trinajstić information content (AvgIpc) is 3.46. The summed E-state index contributed by atoms with van der Waals surface area (Å²) < 4.78 is 7.42. The molecule has 0 aliphatic carbocycles. The quantitative estimate of drug-likeness (QED) is 0.331. The van der Waals surface area contributed by atoms with Crippen LogP contribution in [0.5, 0.6) is 0 Å². The molecule has 10 heteroatoms. The maximum atomic E-state index is 12.9. The van der Waals surface area contributed by atoms with Gasteiger partial charge < -0.3 is 9.32 Å². The fourth-order valence-electron chi connectivity index (χ4n) is 3.89. The van der Waals surface area contributed by atoms with E-state index in [2.05, 4.69) is 10.1 Å². The number of benzene rings is 2. The van der Waals surface area contributed by atoms with Crippen molar-refractivity contribution in [3.05, 3.63) is 81.4 Å². The first-order chi connectivity index (χ1) is 15.5. The van der Waals surface area contributed by atoms with Crippen molar-refractivity contribution in [3.63, 3.8) is 0 Å². The molecule has 2 aromatic heterocycles. The van der Waals surface area contributed by atoms with E-state index in [9.17, 15) is 14.9 Å². The molecular formula is C22H18ClN5O4. The first-order valence-corrected chi connectivity index (χ1v) is 10.5. The summed E-state index contributed by atoms with van der Waals surface area (Å²) in [6.07, 6.45) is 3.16. The summed E-state index contributed by atoms with van der Waals surface area (Å²) in [5, 5.41) is 15.8. The van der Waals surface area contributed by atoms with Gasteiger partial charge >= 0.3 is 0 Å². The number of oxazole rings is 1. The molecule has 2 aromatic carbocycles. The number of nitro benzene ring substituents is 1. The Hall–Kier alpha value is -3.72. The van der Waals surface area contributed by atoms with Gasteiger partial charge in [-0.25, -0.2) is 9.67 Å². The van der Waals surface area contributed by atoms with Crippen LogP contribution in [0.1, 0.15) is 35.1 Å². The van der Waals surface area contributed by atoms with Crippen molar-refractivity contribution < 1.29 is 14.1 Å². The number of nitro groups is 1. The molecule has 1 saturated heterocycles. The summed E-state index contributed by atoms with van der Waals surface area (Å²) in [6.45, 7) is 1.15. The molecule has 0 bridgehead atoms. The van der Waals surface area contributed by atoms with Gasteiger partial charge in [0.15, 0.2) is 17.2 Å². The molecule has 0 N–H and O–H groups in total. The number of piperidine rings is 1. The molecule has 32 heavy (non-hydrogen) atoms. The van der Waals surface area contributed by atoms with Crippen LogP contribution in [0.15, 0.2) is 59.1 Å². The second kappa shape index (κ2) is 8.08. The van der Waals surface area contributed by atoms with Gasteiger partial charge in [0.25, 0.3) is 11.6 Å². The highest BCUT2D eigenvalue weighted by Crippen LogP contribution is 2.31. The van der Waals surface area contributed by atoms with Crippen molar-refractivity contribution in [1.82, 2.24) is 19.7 Å². The Bertz CT molecular complexity index is 1310. The second-order valence-electron chi connectivity index (χ2n) is 7.65. The van der Waals surface area contributed by atoms with E-state index in [1.165, 1.54) is 16.8 Å². The van der Waals surface area contributed by atoms with E-state index < -0.39 is 4.92 Å². The van der Waals surface area contributed by atoms with Crippen LogP contribution in [0.25, 0.3) is 16.8 Å². The van der Waals surface area contributed by atoms with Crippen molar-refractivity contribution in [2.75, 3.05) is 13.1 Å². The predicted octanol–water partition coefficient (Wildman–Crippen LogP) is 4.59. The smallest absolute Gasteiger partial charge is 0.274 e. The van der Waals surface area contributed by atoms with E-state index in [1.807, 2.05) is 6.07 Å². The van der Waals surface area contributed by atoms with Gasteiger partial charge in [0.05, 0.1) is 10.6 Å². The number of carbonyl (C=O) groups is 1. The number of carbonyl (C=O) groups excluding carboxylic acids is 1. The van der Waals surface area contributed by atoms with Gasteiger partial charge in [-0.15, -0.1) is 0 Å². The summed E-state index contributed by atoms with van der Waals surface area (Å²) in [5.41, 5.74) is 2.42. The second-order valence-corrected chi connectivity index (χ2v) is 8.09. The molecule has 0 saturated carbocycles. The highest BCUT2D eigenvalue weighted by molar-refractivity contribution is 6.31. The van der Waals surface area contributed by atoms with Crippen molar-refractivity contribution in [3.8, 4) is 5.69 Å². The lowest BCUT2D eigenvalue weighted by atomic mass is 9.96. The monoisotopic (exact) mass is 451 g/mol. The van der Waals surface area contributed by atoms with Crippen molar-refractivity contribution in [2.24, 2.45) is 0 Å². The molecule has 0 radical (unpaired) electrons. The Morgan fingerprint density at radius 3 is 2.59 bits per heavy atom. The molecule has 9 nitrogen and oxygen atoms in total. The number of fused-ring (bicyclic) bond motifs is 1. The molecular weight excluding hydrogens is 434 g/mol. The van der Waals surface area contributed by atoms with Gasteiger partial charge in [0.2, 0.25) is 0 Å². The summed E-state index contributed by atoms with van der Waals surface area (Å²) in [5.74, 6) is 0.674. The number of likely N-dealkylation sites (tertiary alicyclic amines) is 1. The minimum absolute atomic E-state index is 0.00196. The molecule has 3 heterocycles. The SMILES string of the molecule is O=C(c1ccn(-c2ccc([N+](=O)[O-])cc2)n1)N1CCC(c2nc3cc(Cl)ccc3o2)CC1. The maximum absolute atomic E-state index is 12.9. The summed E-state index contributed by atoms with van der Waals surface area (Å²) in [6, 6.07) is 13.0. The van der Waals surface area contributed by atoms with Crippen LogP contribution in [-0.2, 0) is 0 Å². The fraction of sp³-hybridized carbons (Fsp3) is 0.227. The van der Waals surface area contributed by atoms with Gasteiger partial charge in [-0.05, 0) is 49.2 Å². The molecule has 0 unspecified atom stereocenters. The van der Waals surface area contributed by atoms with Crippen LogP contribution in [0, 0.1) is 10.1 Å². The topological polar surface area (TPSA) is 107 Å².